The normalized spacial score (nSPS) is 12.6. The Bertz CT molecular complexity index is 1790. The average Bonchev–Trinajstić information content (AvgIpc) is 3.41. The molecule has 2 aromatic carbocycles. The van der Waals surface area contributed by atoms with Gasteiger partial charge in [-0.2, -0.15) is 5.10 Å². The number of amides is 1. The zero-order valence-corrected chi connectivity index (χ0v) is 25.6. The number of benzene rings is 2. The molecule has 5 rings (SSSR count). The highest BCUT2D eigenvalue weighted by atomic mass is 35.5. The van der Waals surface area contributed by atoms with E-state index in [2.05, 4.69) is 15.1 Å². The molecule has 5 aromatic rings. The number of hydrogen-bond acceptors (Lipinski definition) is 6. The van der Waals surface area contributed by atoms with Gasteiger partial charge in [0.05, 0.1) is 38.7 Å². The summed E-state index contributed by atoms with van der Waals surface area (Å²) in [6, 6.07) is 10.0. The molecule has 0 aliphatic rings. The van der Waals surface area contributed by atoms with E-state index >= 15 is 0 Å². The summed E-state index contributed by atoms with van der Waals surface area (Å²) >= 11 is 8.07. The smallest absolute Gasteiger partial charge is 0.408 e. The molecule has 0 fully saturated rings. The third-order valence-corrected chi connectivity index (χ3v) is 7.42. The quantitative estimate of drug-likeness (QED) is 0.185. The van der Waals surface area contributed by atoms with E-state index in [0.717, 1.165) is 28.0 Å². The second-order valence-corrected chi connectivity index (χ2v) is 12.0. The van der Waals surface area contributed by atoms with Crippen molar-refractivity contribution in [2.45, 2.75) is 38.8 Å². The van der Waals surface area contributed by atoms with E-state index in [9.17, 15) is 13.6 Å². The molecule has 3 heterocycles. The molecule has 1 amide bonds. The van der Waals surface area contributed by atoms with E-state index in [0.29, 0.717) is 33.2 Å². The zero-order chi connectivity index (χ0) is 30.3. The predicted octanol–water partition coefficient (Wildman–Crippen LogP) is 7.56. The van der Waals surface area contributed by atoms with Gasteiger partial charge in [0.1, 0.15) is 17.2 Å². The molecular weight excluding hydrogens is 582 g/mol. The molecule has 0 spiro atoms. The van der Waals surface area contributed by atoms with Crippen molar-refractivity contribution < 1.29 is 18.3 Å². The van der Waals surface area contributed by atoms with Gasteiger partial charge in [0.15, 0.2) is 5.82 Å². The highest BCUT2D eigenvalue weighted by Gasteiger charge is 2.27. The molecule has 220 valence electrons. The topological polar surface area (TPSA) is 86.0 Å². The summed E-state index contributed by atoms with van der Waals surface area (Å²) in [4.78, 5) is 18.1. The maximum atomic E-state index is 14.2. The van der Waals surface area contributed by atoms with E-state index in [1.165, 1.54) is 24.1 Å². The Balaban J connectivity index is 1.76. The first-order valence-electron chi connectivity index (χ1n) is 13.2. The van der Waals surface area contributed by atoms with Crippen molar-refractivity contribution in [1.29, 1.82) is 0 Å². The minimum atomic E-state index is -0.816. The third kappa shape index (κ3) is 6.03. The van der Waals surface area contributed by atoms with Crippen molar-refractivity contribution in [2.24, 2.45) is 14.1 Å². The largest absolute Gasteiger partial charge is 0.444 e. The van der Waals surface area contributed by atoms with Crippen LogP contribution in [0, 0.1) is 11.6 Å². The van der Waals surface area contributed by atoms with E-state index in [-0.39, 0.29) is 6.42 Å². The molecule has 42 heavy (non-hydrogen) atoms. The Morgan fingerprint density at radius 2 is 1.81 bits per heavy atom. The maximum Gasteiger partial charge on any atom is 0.408 e. The highest BCUT2D eigenvalue weighted by Crippen LogP contribution is 2.41. The number of hydrogen-bond donors (Lipinski definition) is 2. The lowest BCUT2D eigenvalue weighted by atomic mass is 9.94. The molecule has 1 atom stereocenters. The van der Waals surface area contributed by atoms with Crippen LogP contribution in [0.5, 0.6) is 0 Å². The number of fused-ring (bicyclic) bond motifs is 2. The number of rotatable bonds is 7. The summed E-state index contributed by atoms with van der Waals surface area (Å²) in [5, 5.41) is 8.82. The molecule has 3 aromatic heterocycles. The van der Waals surface area contributed by atoms with E-state index in [1.54, 1.807) is 31.5 Å². The molecule has 0 bridgehead atoms. The average molecular weight is 613 g/mol. The second kappa shape index (κ2) is 11.4. The fourth-order valence-corrected chi connectivity index (χ4v) is 5.65. The van der Waals surface area contributed by atoms with Gasteiger partial charge in [-0.1, -0.05) is 29.6 Å². The van der Waals surface area contributed by atoms with Gasteiger partial charge in [0.2, 0.25) is 0 Å². The second-order valence-electron chi connectivity index (χ2n) is 11.0. The molecule has 0 aliphatic carbocycles. The van der Waals surface area contributed by atoms with Crippen molar-refractivity contribution in [2.75, 3.05) is 11.0 Å². The van der Waals surface area contributed by atoms with Crippen LogP contribution in [0.4, 0.5) is 19.4 Å². The van der Waals surface area contributed by atoms with Gasteiger partial charge in [-0.05, 0) is 63.1 Å². The standard InChI is InChI=1S/C30H31ClF2N6O2S/c1-30(2,3)41-29(40)35-23(13-16-11-17(32)14-18(33)12-16)26-20(15-24-22(34-26)9-10-38(24)4)19-7-8-21(31)25-27(19)39(5)36-28(25)37-42-6/h7-12,14-15,23H,13H2,1-6H3,(H,35,40)(H,36,37). The number of carbonyl (C=O) groups excluding carboxylic acids is 1. The monoisotopic (exact) mass is 612 g/mol. The van der Waals surface area contributed by atoms with Gasteiger partial charge >= 0.3 is 6.09 Å². The van der Waals surface area contributed by atoms with E-state index < -0.39 is 29.4 Å². The van der Waals surface area contributed by atoms with Crippen molar-refractivity contribution in [3.63, 3.8) is 0 Å². The van der Waals surface area contributed by atoms with Crippen molar-refractivity contribution >= 4 is 57.4 Å². The molecule has 12 heteroatoms. The van der Waals surface area contributed by atoms with Crippen LogP contribution in [0.25, 0.3) is 33.1 Å². The number of nitrogens with one attached hydrogen (secondary N) is 2. The van der Waals surface area contributed by atoms with Gasteiger partial charge in [-0.25, -0.2) is 18.6 Å². The summed E-state index contributed by atoms with van der Waals surface area (Å²) < 4.78 is 40.9. The number of anilines is 1. The Labute approximate surface area is 251 Å². The number of halogens is 3. The van der Waals surface area contributed by atoms with Gasteiger partial charge in [0, 0.05) is 43.7 Å². The number of nitrogens with zero attached hydrogens (tertiary/aromatic N) is 4. The third-order valence-electron chi connectivity index (χ3n) is 6.71. The van der Waals surface area contributed by atoms with Crippen LogP contribution in [0.1, 0.15) is 38.1 Å². The van der Waals surface area contributed by atoms with Crippen LogP contribution < -0.4 is 10.0 Å². The summed E-state index contributed by atoms with van der Waals surface area (Å²) in [5.74, 6) is -0.813. The first-order chi connectivity index (χ1) is 19.8. The number of aryl methyl sites for hydroxylation is 2. The van der Waals surface area contributed by atoms with Gasteiger partial charge in [0.25, 0.3) is 0 Å². The Kier molecular flexibility index (Phi) is 8.08. The van der Waals surface area contributed by atoms with Crippen LogP contribution in [-0.2, 0) is 25.3 Å². The van der Waals surface area contributed by atoms with Crippen molar-refractivity contribution in [1.82, 2.24) is 24.6 Å². The minimum Gasteiger partial charge on any atom is -0.444 e. The molecule has 0 aliphatic heterocycles. The minimum absolute atomic E-state index is 0.0493. The molecule has 0 saturated heterocycles. The van der Waals surface area contributed by atoms with Crippen LogP contribution >= 0.6 is 23.5 Å². The fourth-order valence-electron chi connectivity index (χ4n) is 5.07. The lowest BCUT2D eigenvalue weighted by Gasteiger charge is -2.25. The summed E-state index contributed by atoms with van der Waals surface area (Å²) in [7, 11) is 3.75. The first kappa shape index (κ1) is 29.7. The van der Waals surface area contributed by atoms with Gasteiger partial charge in [-0.3, -0.25) is 4.68 Å². The lowest BCUT2D eigenvalue weighted by molar-refractivity contribution is 0.0502. The molecule has 1 unspecified atom stereocenters. The first-order valence-corrected chi connectivity index (χ1v) is 14.8. The fraction of sp³-hybridized carbons (Fsp3) is 0.300. The summed E-state index contributed by atoms with van der Waals surface area (Å²) in [5.41, 5.74) is 3.84. The van der Waals surface area contributed by atoms with Gasteiger partial charge in [-0.15, -0.1) is 0 Å². The van der Waals surface area contributed by atoms with E-state index in [1.807, 2.05) is 49.3 Å². The van der Waals surface area contributed by atoms with Crippen molar-refractivity contribution in [3.05, 3.63) is 76.6 Å². The zero-order valence-electron chi connectivity index (χ0n) is 24.1. The summed E-state index contributed by atoms with van der Waals surface area (Å²) in [6.45, 7) is 5.28. The Morgan fingerprint density at radius 1 is 1.10 bits per heavy atom. The molecule has 0 saturated carbocycles. The lowest BCUT2D eigenvalue weighted by Crippen LogP contribution is -2.36. The van der Waals surface area contributed by atoms with Gasteiger partial charge < -0.3 is 19.3 Å². The number of pyridine rings is 1. The molecule has 8 nitrogen and oxygen atoms in total. The highest BCUT2D eigenvalue weighted by molar-refractivity contribution is 7.99. The van der Waals surface area contributed by atoms with Crippen LogP contribution in [0.3, 0.4) is 0 Å². The van der Waals surface area contributed by atoms with Crippen LogP contribution in [-0.4, -0.2) is 37.3 Å². The Hall–Kier alpha value is -3.83. The van der Waals surface area contributed by atoms with Crippen LogP contribution in [0.2, 0.25) is 5.02 Å². The SMILES string of the molecule is CSNc1nn(C)c2c(-c3cc4c(ccn4C)nc3C(Cc3cc(F)cc(F)c3)NC(=O)OC(C)(C)C)ccc(Cl)c12. The maximum absolute atomic E-state index is 14.2. The number of carbonyl (C=O) groups is 1. The predicted molar refractivity (Wildman–Crippen MR) is 165 cm³/mol. The van der Waals surface area contributed by atoms with Crippen LogP contribution in [0.15, 0.2) is 48.7 Å². The molecule has 0 radical (unpaired) electrons. The number of ether oxygens (including phenoxy) is 1. The molecule has 2 N–H and O–H groups in total. The number of aromatic nitrogens is 4. The van der Waals surface area contributed by atoms with E-state index in [4.69, 9.17) is 21.3 Å². The molecular formula is C30H31ClF2N6O2S. The summed E-state index contributed by atoms with van der Waals surface area (Å²) in [6.07, 6.45) is 3.16. The van der Waals surface area contributed by atoms with Crippen molar-refractivity contribution in [3.8, 4) is 11.1 Å². The number of alkyl carbamates (subject to hydrolysis) is 1. The Morgan fingerprint density at radius 3 is 2.48 bits per heavy atom.